The Morgan fingerprint density at radius 1 is 1.35 bits per heavy atom. The lowest BCUT2D eigenvalue weighted by Gasteiger charge is -2.16. The third-order valence-corrected chi connectivity index (χ3v) is 2.43. The molecule has 7 heteroatoms. The highest BCUT2D eigenvalue weighted by Gasteiger charge is 2.18. The molecular formula is C13H19N3O4. The number of urea groups is 1. The van der Waals surface area contributed by atoms with Crippen molar-refractivity contribution in [1.29, 1.82) is 0 Å². The molecule has 7 nitrogen and oxygen atoms in total. The molecule has 1 aromatic carbocycles. The molecule has 3 amide bonds. The number of methoxy groups -OCH3 is 1. The summed E-state index contributed by atoms with van der Waals surface area (Å²) >= 11 is 0. The van der Waals surface area contributed by atoms with Crippen LogP contribution in [0, 0.1) is 0 Å². The Hall–Kier alpha value is -2.44. The van der Waals surface area contributed by atoms with E-state index in [0.29, 0.717) is 23.7 Å². The summed E-state index contributed by atoms with van der Waals surface area (Å²) in [5, 5.41) is 4.63. The molecular weight excluding hydrogens is 262 g/mol. The second kappa shape index (κ2) is 7.22. The van der Waals surface area contributed by atoms with E-state index >= 15 is 0 Å². The number of carbonyl (C=O) groups excluding carboxylic acids is 2. The third-order valence-electron chi connectivity index (χ3n) is 2.43. The fraction of sp³-hybridized carbons (Fsp3) is 0.385. The van der Waals surface area contributed by atoms with Crippen molar-refractivity contribution in [3.8, 4) is 11.5 Å². The smallest absolute Gasteiger partial charge is 0.321 e. The van der Waals surface area contributed by atoms with Crippen LogP contribution >= 0.6 is 0 Å². The number of nitrogens with one attached hydrogen (secondary N) is 2. The van der Waals surface area contributed by atoms with Gasteiger partial charge in [-0.2, -0.15) is 0 Å². The van der Waals surface area contributed by atoms with E-state index in [2.05, 4.69) is 10.6 Å². The van der Waals surface area contributed by atoms with Crippen LogP contribution in [0.5, 0.6) is 11.5 Å². The summed E-state index contributed by atoms with van der Waals surface area (Å²) in [6.45, 7) is 3.72. The maximum Gasteiger partial charge on any atom is 0.321 e. The van der Waals surface area contributed by atoms with Crippen molar-refractivity contribution in [3.05, 3.63) is 18.2 Å². The van der Waals surface area contributed by atoms with Gasteiger partial charge in [0, 0.05) is 18.3 Å². The topological polar surface area (TPSA) is 103 Å². The van der Waals surface area contributed by atoms with Crippen molar-refractivity contribution in [2.75, 3.05) is 19.4 Å². The summed E-state index contributed by atoms with van der Waals surface area (Å²) in [6.07, 6.45) is -0.852. The van der Waals surface area contributed by atoms with Crippen LogP contribution in [0.1, 0.15) is 13.8 Å². The van der Waals surface area contributed by atoms with Gasteiger partial charge in [0.1, 0.15) is 0 Å². The lowest BCUT2D eigenvalue weighted by Crippen LogP contribution is -2.45. The van der Waals surface area contributed by atoms with Crippen LogP contribution in [-0.4, -0.2) is 31.7 Å². The number of anilines is 1. The van der Waals surface area contributed by atoms with E-state index in [1.54, 1.807) is 25.1 Å². The minimum Gasteiger partial charge on any atom is -0.493 e. The van der Waals surface area contributed by atoms with Gasteiger partial charge in [0.15, 0.2) is 17.6 Å². The van der Waals surface area contributed by atoms with Gasteiger partial charge < -0.3 is 20.5 Å². The number of nitrogen functional groups attached to an aromatic ring is 1. The second-order valence-corrected chi connectivity index (χ2v) is 4.02. The average Bonchev–Trinajstić information content (AvgIpc) is 2.40. The van der Waals surface area contributed by atoms with E-state index in [4.69, 9.17) is 15.2 Å². The van der Waals surface area contributed by atoms with Crippen LogP contribution in [0.25, 0.3) is 0 Å². The van der Waals surface area contributed by atoms with Gasteiger partial charge in [0.05, 0.1) is 7.11 Å². The number of benzene rings is 1. The molecule has 0 heterocycles. The Morgan fingerprint density at radius 2 is 2.05 bits per heavy atom. The first-order chi connectivity index (χ1) is 9.47. The largest absolute Gasteiger partial charge is 0.493 e. The average molecular weight is 281 g/mol. The van der Waals surface area contributed by atoms with E-state index in [1.165, 1.54) is 14.0 Å². The van der Waals surface area contributed by atoms with Gasteiger partial charge in [-0.25, -0.2) is 4.79 Å². The molecule has 0 aliphatic carbocycles. The minimum atomic E-state index is -0.852. The first-order valence-corrected chi connectivity index (χ1v) is 6.16. The highest BCUT2D eigenvalue weighted by atomic mass is 16.5. The van der Waals surface area contributed by atoms with E-state index in [9.17, 15) is 9.59 Å². The molecule has 0 fully saturated rings. The minimum absolute atomic E-state index is 0.375. The Labute approximate surface area is 117 Å². The molecule has 1 aromatic rings. The normalized spacial score (nSPS) is 11.3. The molecule has 1 unspecified atom stereocenters. The first kappa shape index (κ1) is 15.6. The monoisotopic (exact) mass is 281 g/mol. The maximum atomic E-state index is 11.7. The van der Waals surface area contributed by atoms with Crippen molar-refractivity contribution >= 4 is 17.6 Å². The highest BCUT2D eigenvalue weighted by molar-refractivity contribution is 5.96. The Kier molecular flexibility index (Phi) is 5.64. The van der Waals surface area contributed by atoms with Crippen molar-refractivity contribution in [2.45, 2.75) is 20.0 Å². The lowest BCUT2D eigenvalue weighted by atomic mass is 10.2. The Morgan fingerprint density at radius 3 is 2.65 bits per heavy atom. The molecule has 0 saturated carbocycles. The standard InChI is InChI=1S/C13H19N3O4/c1-4-15-13(18)16-12(17)8(2)20-10-6-5-9(14)7-11(10)19-3/h5-8H,4,14H2,1-3H3,(H2,15,16,17,18). The number of nitrogens with two attached hydrogens (primary N) is 1. The van der Waals surface area contributed by atoms with Gasteiger partial charge in [0.2, 0.25) is 0 Å². The van der Waals surface area contributed by atoms with Gasteiger partial charge in [-0.05, 0) is 26.0 Å². The summed E-state index contributed by atoms with van der Waals surface area (Å²) in [6, 6.07) is 4.26. The molecule has 1 rings (SSSR count). The number of hydrogen-bond donors (Lipinski definition) is 3. The van der Waals surface area contributed by atoms with E-state index in [-0.39, 0.29) is 0 Å². The molecule has 0 aliphatic heterocycles. The number of ether oxygens (including phenoxy) is 2. The van der Waals surface area contributed by atoms with Crippen molar-refractivity contribution < 1.29 is 19.1 Å². The predicted molar refractivity (Wildman–Crippen MR) is 74.7 cm³/mol. The summed E-state index contributed by atoms with van der Waals surface area (Å²) < 4.78 is 10.6. The molecule has 1 atom stereocenters. The van der Waals surface area contributed by atoms with Crippen molar-refractivity contribution in [2.24, 2.45) is 0 Å². The quantitative estimate of drug-likeness (QED) is 0.696. The molecule has 0 saturated heterocycles. The lowest BCUT2D eigenvalue weighted by molar-refractivity contribution is -0.126. The fourth-order valence-electron chi connectivity index (χ4n) is 1.44. The van der Waals surface area contributed by atoms with Gasteiger partial charge in [0.25, 0.3) is 5.91 Å². The Balaban J connectivity index is 2.68. The van der Waals surface area contributed by atoms with Crippen LogP contribution in [0.4, 0.5) is 10.5 Å². The van der Waals surface area contributed by atoms with E-state index in [1.807, 2.05) is 0 Å². The van der Waals surface area contributed by atoms with Crippen molar-refractivity contribution in [3.63, 3.8) is 0 Å². The third kappa shape index (κ3) is 4.34. The molecule has 0 aromatic heterocycles. The van der Waals surface area contributed by atoms with Crippen LogP contribution in [0.3, 0.4) is 0 Å². The summed E-state index contributed by atoms with van der Waals surface area (Å²) in [4.78, 5) is 23.0. The van der Waals surface area contributed by atoms with Crippen molar-refractivity contribution in [1.82, 2.24) is 10.6 Å². The second-order valence-electron chi connectivity index (χ2n) is 4.02. The highest BCUT2D eigenvalue weighted by Crippen LogP contribution is 2.29. The number of amides is 3. The zero-order chi connectivity index (χ0) is 15.1. The molecule has 0 bridgehead atoms. The van der Waals surface area contributed by atoms with Gasteiger partial charge >= 0.3 is 6.03 Å². The van der Waals surface area contributed by atoms with Gasteiger partial charge in [-0.3, -0.25) is 10.1 Å². The van der Waals surface area contributed by atoms with E-state index in [0.717, 1.165) is 0 Å². The van der Waals surface area contributed by atoms with Gasteiger partial charge in [-0.1, -0.05) is 0 Å². The molecule has 0 spiro atoms. The summed E-state index contributed by atoms with van der Waals surface area (Å²) in [5.41, 5.74) is 6.15. The summed E-state index contributed by atoms with van der Waals surface area (Å²) in [5.74, 6) is 0.248. The zero-order valence-electron chi connectivity index (χ0n) is 11.7. The van der Waals surface area contributed by atoms with Gasteiger partial charge in [-0.15, -0.1) is 0 Å². The molecule has 110 valence electrons. The molecule has 0 radical (unpaired) electrons. The molecule has 0 aliphatic rings. The van der Waals surface area contributed by atoms with Crippen LogP contribution < -0.4 is 25.8 Å². The number of rotatable bonds is 5. The predicted octanol–water partition coefficient (Wildman–Crippen LogP) is 0.890. The van der Waals surface area contributed by atoms with Crippen LogP contribution in [0.2, 0.25) is 0 Å². The number of imide groups is 1. The zero-order valence-corrected chi connectivity index (χ0v) is 11.7. The first-order valence-electron chi connectivity index (χ1n) is 6.16. The van der Waals surface area contributed by atoms with E-state index < -0.39 is 18.0 Å². The maximum absolute atomic E-state index is 11.7. The Bertz CT molecular complexity index is 491. The molecule has 4 N–H and O–H groups in total. The fourth-order valence-corrected chi connectivity index (χ4v) is 1.44. The van der Waals surface area contributed by atoms with Crippen LogP contribution in [-0.2, 0) is 4.79 Å². The SMILES string of the molecule is CCNC(=O)NC(=O)C(C)Oc1ccc(N)cc1OC. The summed E-state index contributed by atoms with van der Waals surface area (Å²) in [7, 11) is 1.47. The van der Waals surface area contributed by atoms with Crippen LogP contribution in [0.15, 0.2) is 18.2 Å². The number of hydrogen-bond acceptors (Lipinski definition) is 5. The molecule has 20 heavy (non-hydrogen) atoms. The number of carbonyl (C=O) groups is 2.